The van der Waals surface area contributed by atoms with Gasteiger partial charge < -0.3 is 10.1 Å². The Morgan fingerprint density at radius 3 is 2.79 bits per heavy atom. The monoisotopic (exact) mass is 279 g/mol. The van der Waals surface area contributed by atoms with Crippen LogP contribution in [0.2, 0.25) is 5.02 Å². The Hall–Kier alpha value is -0.570. The number of hydrogen-bond acceptors (Lipinski definition) is 2. The Bertz CT molecular complexity index is 431. The van der Waals surface area contributed by atoms with E-state index in [1.54, 1.807) is 0 Å². The second-order valence-corrected chi connectivity index (χ2v) is 6.33. The number of halogens is 1. The molecule has 1 saturated carbocycles. The number of ether oxygens (including phenoxy) is 1. The molecule has 2 nitrogen and oxygen atoms in total. The van der Waals surface area contributed by atoms with Crippen LogP contribution in [0.4, 0.5) is 0 Å². The van der Waals surface area contributed by atoms with E-state index < -0.39 is 0 Å². The van der Waals surface area contributed by atoms with Crippen molar-refractivity contribution in [3.63, 3.8) is 0 Å². The standard InChI is InChI=1S/C16H22ClNO/c1-11-12(6-7-19-11)10-18-14-8-13(9-14)15-4-2-3-5-16(15)17/h2-5,11-14,18H,6-10H2,1H3. The molecule has 1 saturated heterocycles. The summed E-state index contributed by atoms with van der Waals surface area (Å²) in [5, 5.41) is 4.61. The predicted octanol–water partition coefficient (Wildman–Crippen LogP) is 3.60. The van der Waals surface area contributed by atoms with Crippen molar-refractivity contribution >= 4 is 11.6 Å². The van der Waals surface area contributed by atoms with Crippen molar-refractivity contribution in [1.29, 1.82) is 0 Å². The Balaban J connectivity index is 1.44. The molecular formula is C16H22ClNO. The van der Waals surface area contributed by atoms with Gasteiger partial charge in [0.15, 0.2) is 0 Å². The largest absolute Gasteiger partial charge is 0.378 e. The second kappa shape index (κ2) is 5.82. The Morgan fingerprint density at radius 1 is 1.32 bits per heavy atom. The lowest BCUT2D eigenvalue weighted by molar-refractivity contribution is 0.103. The molecule has 1 heterocycles. The van der Waals surface area contributed by atoms with Gasteiger partial charge in [-0.3, -0.25) is 0 Å². The average molecular weight is 280 g/mol. The number of hydrogen-bond donors (Lipinski definition) is 1. The summed E-state index contributed by atoms with van der Waals surface area (Å²) < 4.78 is 5.60. The van der Waals surface area contributed by atoms with Crippen molar-refractivity contribution < 1.29 is 4.74 Å². The van der Waals surface area contributed by atoms with E-state index in [-0.39, 0.29) is 0 Å². The average Bonchev–Trinajstić information content (AvgIpc) is 2.75. The summed E-state index contributed by atoms with van der Waals surface area (Å²) in [5.74, 6) is 1.34. The maximum atomic E-state index is 6.24. The minimum Gasteiger partial charge on any atom is -0.378 e. The van der Waals surface area contributed by atoms with Gasteiger partial charge in [0.25, 0.3) is 0 Å². The molecule has 2 aliphatic rings. The third-order valence-corrected chi connectivity index (χ3v) is 5.03. The fourth-order valence-corrected chi connectivity index (χ4v) is 3.50. The molecule has 0 amide bonds. The van der Waals surface area contributed by atoms with Gasteiger partial charge in [-0.25, -0.2) is 0 Å². The number of benzene rings is 1. The van der Waals surface area contributed by atoms with Crippen LogP contribution in [-0.4, -0.2) is 25.3 Å². The van der Waals surface area contributed by atoms with Crippen LogP contribution < -0.4 is 5.32 Å². The van der Waals surface area contributed by atoms with E-state index in [1.165, 1.54) is 24.8 Å². The van der Waals surface area contributed by atoms with E-state index in [4.69, 9.17) is 16.3 Å². The van der Waals surface area contributed by atoms with Crippen molar-refractivity contribution in [3.8, 4) is 0 Å². The summed E-state index contributed by atoms with van der Waals surface area (Å²) in [6, 6.07) is 8.90. The summed E-state index contributed by atoms with van der Waals surface area (Å²) in [4.78, 5) is 0. The van der Waals surface area contributed by atoms with Crippen molar-refractivity contribution in [2.45, 2.75) is 44.2 Å². The fourth-order valence-electron chi connectivity index (χ4n) is 3.21. The van der Waals surface area contributed by atoms with Crippen LogP contribution in [0.25, 0.3) is 0 Å². The molecule has 3 rings (SSSR count). The van der Waals surface area contributed by atoms with Crippen LogP contribution in [-0.2, 0) is 4.74 Å². The highest BCUT2D eigenvalue weighted by molar-refractivity contribution is 6.31. The number of rotatable bonds is 4. The van der Waals surface area contributed by atoms with Gasteiger partial charge >= 0.3 is 0 Å². The highest BCUT2D eigenvalue weighted by atomic mass is 35.5. The van der Waals surface area contributed by atoms with E-state index in [9.17, 15) is 0 Å². The first-order valence-electron chi connectivity index (χ1n) is 7.33. The fraction of sp³-hybridized carbons (Fsp3) is 0.625. The molecule has 2 fully saturated rings. The molecule has 3 heteroatoms. The highest BCUT2D eigenvalue weighted by Gasteiger charge is 2.32. The molecule has 104 valence electrons. The zero-order valence-corrected chi connectivity index (χ0v) is 12.2. The molecule has 1 aliphatic heterocycles. The van der Waals surface area contributed by atoms with E-state index in [2.05, 4.69) is 24.4 Å². The highest BCUT2D eigenvalue weighted by Crippen LogP contribution is 2.40. The Morgan fingerprint density at radius 2 is 2.11 bits per heavy atom. The van der Waals surface area contributed by atoms with Crippen LogP contribution in [0.3, 0.4) is 0 Å². The molecule has 1 N–H and O–H groups in total. The molecule has 1 aromatic rings. The summed E-state index contributed by atoms with van der Waals surface area (Å²) in [7, 11) is 0. The summed E-state index contributed by atoms with van der Waals surface area (Å²) in [6.07, 6.45) is 4.05. The molecule has 1 aromatic carbocycles. The molecule has 19 heavy (non-hydrogen) atoms. The lowest BCUT2D eigenvalue weighted by atomic mass is 9.75. The minimum absolute atomic E-state index is 0.423. The first kappa shape index (κ1) is 13.4. The van der Waals surface area contributed by atoms with Crippen LogP contribution in [0, 0.1) is 5.92 Å². The lowest BCUT2D eigenvalue weighted by Crippen LogP contribution is -2.43. The summed E-state index contributed by atoms with van der Waals surface area (Å²) in [5.41, 5.74) is 1.32. The van der Waals surface area contributed by atoms with Crippen LogP contribution in [0.1, 0.15) is 37.7 Å². The van der Waals surface area contributed by atoms with Crippen molar-refractivity contribution in [3.05, 3.63) is 34.9 Å². The first-order chi connectivity index (χ1) is 9.24. The van der Waals surface area contributed by atoms with Crippen LogP contribution in [0.15, 0.2) is 24.3 Å². The smallest absolute Gasteiger partial charge is 0.0588 e. The third-order valence-electron chi connectivity index (χ3n) is 4.69. The molecule has 1 aliphatic carbocycles. The second-order valence-electron chi connectivity index (χ2n) is 5.92. The van der Waals surface area contributed by atoms with Crippen LogP contribution in [0.5, 0.6) is 0 Å². The van der Waals surface area contributed by atoms with Crippen molar-refractivity contribution in [1.82, 2.24) is 5.32 Å². The quantitative estimate of drug-likeness (QED) is 0.909. The lowest BCUT2D eigenvalue weighted by Gasteiger charge is -2.37. The predicted molar refractivity (Wildman–Crippen MR) is 78.7 cm³/mol. The summed E-state index contributed by atoms with van der Waals surface area (Å²) in [6.45, 7) is 4.22. The van der Waals surface area contributed by atoms with Gasteiger partial charge in [0.2, 0.25) is 0 Å². The van der Waals surface area contributed by atoms with Gasteiger partial charge in [-0.15, -0.1) is 0 Å². The molecule has 0 spiro atoms. The minimum atomic E-state index is 0.423. The number of nitrogens with one attached hydrogen (secondary N) is 1. The molecule has 2 unspecified atom stereocenters. The normalized spacial score (nSPS) is 34.2. The first-order valence-corrected chi connectivity index (χ1v) is 7.71. The third kappa shape index (κ3) is 2.96. The topological polar surface area (TPSA) is 21.3 Å². The maximum Gasteiger partial charge on any atom is 0.0588 e. The molecular weight excluding hydrogens is 258 g/mol. The van der Waals surface area contributed by atoms with Gasteiger partial charge in [0.1, 0.15) is 0 Å². The van der Waals surface area contributed by atoms with Crippen molar-refractivity contribution in [2.24, 2.45) is 5.92 Å². The van der Waals surface area contributed by atoms with Crippen LogP contribution >= 0.6 is 11.6 Å². The maximum absolute atomic E-state index is 6.24. The molecule has 0 aromatic heterocycles. The SMILES string of the molecule is CC1OCCC1CNC1CC(c2ccccc2Cl)C1. The molecule has 0 radical (unpaired) electrons. The Labute approximate surface area is 120 Å². The van der Waals surface area contributed by atoms with E-state index in [1.807, 2.05) is 12.1 Å². The molecule has 2 atom stereocenters. The summed E-state index contributed by atoms with van der Waals surface area (Å²) >= 11 is 6.24. The zero-order chi connectivity index (χ0) is 13.2. The van der Waals surface area contributed by atoms with Gasteiger partial charge in [-0.05, 0) is 49.7 Å². The van der Waals surface area contributed by atoms with Gasteiger partial charge in [0, 0.05) is 24.2 Å². The Kier molecular flexibility index (Phi) is 4.11. The zero-order valence-electron chi connectivity index (χ0n) is 11.4. The van der Waals surface area contributed by atoms with Gasteiger partial charge in [0.05, 0.1) is 6.10 Å². The van der Waals surface area contributed by atoms with E-state index in [0.717, 1.165) is 18.2 Å². The van der Waals surface area contributed by atoms with E-state index >= 15 is 0 Å². The van der Waals surface area contributed by atoms with Gasteiger partial charge in [-0.2, -0.15) is 0 Å². The van der Waals surface area contributed by atoms with Crippen molar-refractivity contribution in [2.75, 3.05) is 13.2 Å². The van der Waals surface area contributed by atoms with E-state index in [0.29, 0.717) is 24.0 Å². The van der Waals surface area contributed by atoms with Gasteiger partial charge in [-0.1, -0.05) is 29.8 Å². The molecule has 0 bridgehead atoms.